The smallest absolute Gasteiger partial charge is 0.130 e. The lowest BCUT2D eigenvalue weighted by atomic mass is 10.1. The molecule has 0 bridgehead atoms. The van der Waals surface area contributed by atoms with Crippen LogP contribution in [-0.2, 0) is 5.88 Å². The summed E-state index contributed by atoms with van der Waals surface area (Å²) in [5, 5.41) is 2.34. The van der Waals surface area contributed by atoms with Gasteiger partial charge in [-0.05, 0) is 59.2 Å². The average Bonchev–Trinajstić information content (AvgIpc) is 2.49. The maximum atomic E-state index is 6.02. The second-order valence-electron chi connectivity index (χ2n) is 4.99. The Morgan fingerprint density at radius 1 is 0.952 bits per heavy atom. The van der Waals surface area contributed by atoms with Gasteiger partial charge in [-0.15, -0.1) is 11.6 Å². The van der Waals surface area contributed by atoms with Crippen LogP contribution in [0.4, 0.5) is 0 Å². The van der Waals surface area contributed by atoms with Gasteiger partial charge in [0, 0.05) is 10.4 Å². The highest BCUT2D eigenvalue weighted by Gasteiger charge is 2.04. The SMILES string of the molecule is Cc1ccc(CCl)cc1Oc1ccc2cc(Br)ccc2c1. The summed E-state index contributed by atoms with van der Waals surface area (Å²) in [6, 6.07) is 18.4. The van der Waals surface area contributed by atoms with Crippen molar-refractivity contribution in [3.05, 3.63) is 70.2 Å². The fraction of sp³-hybridized carbons (Fsp3) is 0.111. The molecule has 0 saturated heterocycles. The van der Waals surface area contributed by atoms with Crippen LogP contribution in [0.1, 0.15) is 11.1 Å². The molecular formula is C18H14BrClO. The van der Waals surface area contributed by atoms with Crippen molar-refractivity contribution in [1.29, 1.82) is 0 Å². The third-order valence-corrected chi connectivity index (χ3v) is 4.21. The van der Waals surface area contributed by atoms with E-state index in [0.717, 1.165) is 32.5 Å². The summed E-state index contributed by atoms with van der Waals surface area (Å²) in [6.07, 6.45) is 0. The number of alkyl halides is 1. The molecule has 0 heterocycles. The molecule has 0 saturated carbocycles. The fourth-order valence-corrected chi connectivity index (χ4v) is 2.77. The number of rotatable bonds is 3. The first-order valence-electron chi connectivity index (χ1n) is 6.68. The number of ether oxygens (including phenoxy) is 1. The Balaban J connectivity index is 1.96. The van der Waals surface area contributed by atoms with Crippen molar-refractivity contribution in [2.24, 2.45) is 0 Å². The third-order valence-electron chi connectivity index (χ3n) is 3.41. The van der Waals surface area contributed by atoms with E-state index >= 15 is 0 Å². The molecule has 0 atom stereocenters. The normalized spacial score (nSPS) is 10.8. The lowest BCUT2D eigenvalue weighted by molar-refractivity contribution is 0.479. The minimum atomic E-state index is 0.488. The highest BCUT2D eigenvalue weighted by molar-refractivity contribution is 9.10. The molecule has 0 aliphatic heterocycles. The Labute approximate surface area is 137 Å². The first-order valence-corrected chi connectivity index (χ1v) is 8.01. The average molecular weight is 362 g/mol. The van der Waals surface area contributed by atoms with Crippen LogP contribution >= 0.6 is 27.5 Å². The lowest BCUT2D eigenvalue weighted by Gasteiger charge is -2.11. The summed E-state index contributed by atoms with van der Waals surface area (Å²) in [5.74, 6) is 2.17. The van der Waals surface area contributed by atoms with Gasteiger partial charge in [-0.1, -0.05) is 40.2 Å². The molecule has 3 rings (SSSR count). The quantitative estimate of drug-likeness (QED) is 0.488. The zero-order chi connectivity index (χ0) is 14.8. The van der Waals surface area contributed by atoms with Crippen molar-refractivity contribution in [3.8, 4) is 11.5 Å². The van der Waals surface area contributed by atoms with Crippen LogP contribution in [0.15, 0.2) is 59.1 Å². The molecule has 0 spiro atoms. The highest BCUT2D eigenvalue weighted by atomic mass is 79.9. The van der Waals surface area contributed by atoms with E-state index in [1.807, 2.05) is 37.3 Å². The molecule has 21 heavy (non-hydrogen) atoms. The predicted molar refractivity (Wildman–Crippen MR) is 92.5 cm³/mol. The number of halogens is 2. The van der Waals surface area contributed by atoms with Crippen molar-refractivity contribution in [3.63, 3.8) is 0 Å². The van der Waals surface area contributed by atoms with Gasteiger partial charge in [0.1, 0.15) is 11.5 Å². The number of fused-ring (bicyclic) bond motifs is 1. The molecule has 0 aliphatic rings. The Kier molecular flexibility index (Phi) is 4.18. The van der Waals surface area contributed by atoms with Gasteiger partial charge in [0.15, 0.2) is 0 Å². The first kappa shape index (κ1) is 14.4. The third kappa shape index (κ3) is 3.22. The number of hydrogen-bond acceptors (Lipinski definition) is 1. The molecule has 0 unspecified atom stereocenters. The maximum absolute atomic E-state index is 6.02. The van der Waals surface area contributed by atoms with Crippen molar-refractivity contribution in [2.45, 2.75) is 12.8 Å². The highest BCUT2D eigenvalue weighted by Crippen LogP contribution is 2.30. The van der Waals surface area contributed by atoms with Gasteiger partial charge in [-0.25, -0.2) is 0 Å². The molecule has 0 aromatic heterocycles. The van der Waals surface area contributed by atoms with E-state index in [0.29, 0.717) is 5.88 Å². The molecule has 106 valence electrons. The Morgan fingerprint density at radius 3 is 2.52 bits per heavy atom. The van der Waals surface area contributed by atoms with Gasteiger partial charge in [-0.3, -0.25) is 0 Å². The van der Waals surface area contributed by atoms with Gasteiger partial charge in [0.25, 0.3) is 0 Å². The van der Waals surface area contributed by atoms with E-state index < -0.39 is 0 Å². The summed E-state index contributed by atoms with van der Waals surface area (Å²) >= 11 is 9.37. The van der Waals surface area contributed by atoms with Crippen LogP contribution in [0.3, 0.4) is 0 Å². The predicted octanol–water partition coefficient (Wildman–Crippen LogP) is 6.44. The summed E-state index contributed by atoms with van der Waals surface area (Å²) in [6.45, 7) is 2.03. The van der Waals surface area contributed by atoms with E-state index in [-0.39, 0.29) is 0 Å². The molecule has 3 aromatic carbocycles. The topological polar surface area (TPSA) is 9.23 Å². The van der Waals surface area contributed by atoms with Crippen molar-refractivity contribution in [2.75, 3.05) is 0 Å². The Morgan fingerprint density at radius 2 is 1.71 bits per heavy atom. The van der Waals surface area contributed by atoms with E-state index in [2.05, 4.69) is 40.2 Å². The molecule has 3 aromatic rings. The van der Waals surface area contributed by atoms with Gasteiger partial charge in [-0.2, -0.15) is 0 Å². The van der Waals surface area contributed by atoms with Crippen molar-refractivity contribution >= 4 is 38.3 Å². The molecular weight excluding hydrogens is 348 g/mol. The van der Waals surface area contributed by atoms with Gasteiger partial charge < -0.3 is 4.74 Å². The fourth-order valence-electron chi connectivity index (χ4n) is 2.22. The second-order valence-corrected chi connectivity index (χ2v) is 6.17. The van der Waals surface area contributed by atoms with Crippen LogP contribution in [0, 0.1) is 6.92 Å². The molecule has 0 aliphatic carbocycles. The zero-order valence-corrected chi connectivity index (χ0v) is 13.9. The van der Waals surface area contributed by atoms with Crippen LogP contribution in [-0.4, -0.2) is 0 Å². The first-order chi connectivity index (χ1) is 10.2. The minimum absolute atomic E-state index is 0.488. The lowest BCUT2D eigenvalue weighted by Crippen LogP contribution is -1.89. The van der Waals surface area contributed by atoms with E-state index in [1.54, 1.807) is 0 Å². The molecule has 0 fully saturated rings. The number of hydrogen-bond donors (Lipinski definition) is 0. The zero-order valence-electron chi connectivity index (χ0n) is 11.6. The van der Waals surface area contributed by atoms with Gasteiger partial charge >= 0.3 is 0 Å². The summed E-state index contributed by atoms with van der Waals surface area (Å²) < 4.78 is 7.10. The van der Waals surface area contributed by atoms with Gasteiger partial charge in [0.2, 0.25) is 0 Å². The standard InChI is InChI=1S/C18H14BrClO/c1-12-2-3-13(11-20)8-18(12)21-17-7-5-14-9-16(19)6-4-15(14)10-17/h2-10H,11H2,1H3. The molecule has 1 nitrogen and oxygen atoms in total. The van der Waals surface area contributed by atoms with Crippen LogP contribution < -0.4 is 4.74 Å². The number of aryl methyl sites for hydroxylation is 1. The van der Waals surface area contributed by atoms with Crippen molar-refractivity contribution < 1.29 is 4.74 Å². The second kappa shape index (κ2) is 6.08. The van der Waals surface area contributed by atoms with Crippen LogP contribution in [0.5, 0.6) is 11.5 Å². The molecule has 0 N–H and O–H groups in total. The Hall–Kier alpha value is -1.51. The molecule has 0 amide bonds. The van der Waals surface area contributed by atoms with Crippen LogP contribution in [0.25, 0.3) is 10.8 Å². The van der Waals surface area contributed by atoms with E-state index in [9.17, 15) is 0 Å². The molecule has 0 radical (unpaired) electrons. The minimum Gasteiger partial charge on any atom is -0.457 e. The Bertz CT molecular complexity index is 798. The van der Waals surface area contributed by atoms with Gasteiger partial charge in [0.05, 0.1) is 0 Å². The summed E-state index contributed by atoms with van der Waals surface area (Å²) in [5.41, 5.74) is 2.15. The summed E-state index contributed by atoms with van der Waals surface area (Å²) in [7, 11) is 0. The van der Waals surface area contributed by atoms with Crippen molar-refractivity contribution in [1.82, 2.24) is 0 Å². The number of benzene rings is 3. The molecule has 3 heteroatoms. The maximum Gasteiger partial charge on any atom is 0.130 e. The monoisotopic (exact) mass is 360 g/mol. The summed E-state index contributed by atoms with van der Waals surface area (Å²) in [4.78, 5) is 0. The van der Waals surface area contributed by atoms with E-state index in [1.165, 1.54) is 5.39 Å². The van der Waals surface area contributed by atoms with E-state index in [4.69, 9.17) is 16.3 Å². The van der Waals surface area contributed by atoms with Crippen LogP contribution in [0.2, 0.25) is 0 Å². The largest absolute Gasteiger partial charge is 0.457 e.